The molecule has 1 aromatic heterocycles. The average molecular weight is 229 g/mol. The van der Waals surface area contributed by atoms with Gasteiger partial charge in [0.05, 0.1) is 17.9 Å². The molecule has 2 rings (SSSR count). The van der Waals surface area contributed by atoms with E-state index in [9.17, 15) is 4.79 Å². The van der Waals surface area contributed by atoms with Crippen LogP contribution in [0.25, 0.3) is 11.1 Å². The molecule has 0 bridgehead atoms. The minimum atomic E-state index is -0.955. The molecular weight excluding hydrogens is 218 g/mol. The first-order valence-corrected chi connectivity index (χ1v) is 5.10. The summed E-state index contributed by atoms with van der Waals surface area (Å²) < 4.78 is 0. The molecule has 86 valence electrons. The first-order chi connectivity index (χ1) is 8.20. The van der Waals surface area contributed by atoms with E-state index in [1.54, 1.807) is 36.5 Å². The van der Waals surface area contributed by atoms with Gasteiger partial charge in [0.2, 0.25) is 0 Å². The summed E-state index contributed by atoms with van der Waals surface area (Å²) in [5.41, 5.74) is 2.43. The Balaban J connectivity index is 2.45. The standard InChI is InChI=1S/C13H11NO3/c15-8-12-7-10(4-5-14-12)9-2-1-3-11(6-9)13(16)17/h1-7,15H,8H2,(H,16,17). The van der Waals surface area contributed by atoms with Crippen LogP contribution in [0.4, 0.5) is 0 Å². The molecule has 0 atom stereocenters. The van der Waals surface area contributed by atoms with E-state index >= 15 is 0 Å². The van der Waals surface area contributed by atoms with Crippen molar-refractivity contribution in [3.05, 3.63) is 53.9 Å². The van der Waals surface area contributed by atoms with Gasteiger partial charge in [-0.1, -0.05) is 12.1 Å². The zero-order valence-electron chi connectivity index (χ0n) is 9.00. The largest absolute Gasteiger partial charge is 0.478 e. The Morgan fingerprint density at radius 2 is 1.94 bits per heavy atom. The quantitative estimate of drug-likeness (QED) is 0.843. The summed E-state index contributed by atoms with van der Waals surface area (Å²) in [6, 6.07) is 10.2. The van der Waals surface area contributed by atoms with E-state index in [0.29, 0.717) is 5.69 Å². The number of carboxylic acids is 1. The number of pyridine rings is 1. The lowest BCUT2D eigenvalue weighted by molar-refractivity contribution is 0.0697. The molecule has 1 heterocycles. The number of hydrogen-bond acceptors (Lipinski definition) is 3. The smallest absolute Gasteiger partial charge is 0.335 e. The van der Waals surface area contributed by atoms with E-state index in [0.717, 1.165) is 11.1 Å². The van der Waals surface area contributed by atoms with Gasteiger partial charge in [-0.15, -0.1) is 0 Å². The van der Waals surface area contributed by atoms with Crippen molar-refractivity contribution in [3.63, 3.8) is 0 Å². The number of hydrogen-bond donors (Lipinski definition) is 2. The SMILES string of the molecule is O=C(O)c1cccc(-c2ccnc(CO)c2)c1. The summed E-state index contributed by atoms with van der Waals surface area (Å²) in [5.74, 6) is -0.955. The molecular formula is C13H11NO3. The maximum atomic E-state index is 10.9. The lowest BCUT2D eigenvalue weighted by Crippen LogP contribution is -1.96. The molecule has 0 saturated heterocycles. The number of carboxylic acid groups (broad SMARTS) is 1. The second-order valence-corrected chi connectivity index (χ2v) is 3.58. The number of aromatic nitrogens is 1. The number of aliphatic hydroxyl groups is 1. The highest BCUT2D eigenvalue weighted by Crippen LogP contribution is 2.20. The molecule has 0 radical (unpaired) electrons. The molecule has 0 saturated carbocycles. The lowest BCUT2D eigenvalue weighted by atomic mass is 10.0. The molecule has 1 aromatic carbocycles. The van der Waals surface area contributed by atoms with Gasteiger partial charge in [0.1, 0.15) is 0 Å². The van der Waals surface area contributed by atoms with E-state index in [-0.39, 0.29) is 12.2 Å². The van der Waals surface area contributed by atoms with Gasteiger partial charge in [0, 0.05) is 6.20 Å². The number of aliphatic hydroxyl groups excluding tert-OH is 1. The molecule has 17 heavy (non-hydrogen) atoms. The van der Waals surface area contributed by atoms with Gasteiger partial charge in [-0.05, 0) is 35.4 Å². The molecule has 0 amide bonds. The van der Waals surface area contributed by atoms with Gasteiger partial charge in [0.15, 0.2) is 0 Å². The van der Waals surface area contributed by atoms with Crippen molar-refractivity contribution in [2.24, 2.45) is 0 Å². The molecule has 2 N–H and O–H groups in total. The predicted molar refractivity (Wildman–Crippen MR) is 62.6 cm³/mol. The number of carbonyl (C=O) groups is 1. The van der Waals surface area contributed by atoms with Gasteiger partial charge in [-0.25, -0.2) is 4.79 Å². The van der Waals surface area contributed by atoms with E-state index in [2.05, 4.69) is 4.98 Å². The van der Waals surface area contributed by atoms with E-state index < -0.39 is 5.97 Å². The number of nitrogens with zero attached hydrogens (tertiary/aromatic N) is 1. The van der Waals surface area contributed by atoms with Crippen LogP contribution in [-0.4, -0.2) is 21.2 Å². The molecule has 0 aliphatic heterocycles. The summed E-state index contributed by atoms with van der Waals surface area (Å²) >= 11 is 0. The van der Waals surface area contributed by atoms with Gasteiger partial charge >= 0.3 is 5.97 Å². The predicted octanol–water partition coefficient (Wildman–Crippen LogP) is 1.94. The average Bonchev–Trinajstić information content (AvgIpc) is 2.39. The molecule has 0 fully saturated rings. The third kappa shape index (κ3) is 2.49. The van der Waals surface area contributed by atoms with Gasteiger partial charge in [-0.3, -0.25) is 4.98 Å². The number of benzene rings is 1. The maximum Gasteiger partial charge on any atom is 0.335 e. The Bertz CT molecular complexity index is 552. The summed E-state index contributed by atoms with van der Waals surface area (Å²) in [5, 5.41) is 17.9. The Morgan fingerprint density at radius 1 is 1.18 bits per heavy atom. The fourth-order valence-electron chi connectivity index (χ4n) is 1.58. The second-order valence-electron chi connectivity index (χ2n) is 3.58. The van der Waals surface area contributed by atoms with Gasteiger partial charge in [-0.2, -0.15) is 0 Å². The van der Waals surface area contributed by atoms with Gasteiger partial charge < -0.3 is 10.2 Å². The Hall–Kier alpha value is -2.20. The monoisotopic (exact) mass is 229 g/mol. The summed E-state index contributed by atoms with van der Waals surface area (Å²) in [7, 11) is 0. The minimum Gasteiger partial charge on any atom is -0.478 e. The molecule has 4 nitrogen and oxygen atoms in total. The normalized spacial score (nSPS) is 10.2. The molecule has 0 spiro atoms. The third-order valence-corrected chi connectivity index (χ3v) is 2.42. The molecule has 0 aliphatic carbocycles. The first kappa shape index (κ1) is 11.3. The van der Waals surface area contributed by atoms with Crippen molar-refractivity contribution in [3.8, 4) is 11.1 Å². The fourth-order valence-corrected chi connectivity index (χ4v) is 1.58. The van der Waals surface area contributed by atoms with Crippen LogP contribution in [0.2, 0.25) is 0 Å². The fraction of sp³-hybridized carbons (Fsp3) is 0.0769. The van der Waals surface area contributed by atoms with Crippen molar-refractivity contribution in [2.75, 3.05) is 0 Å². The van der Waals surface area contributed by atoms with Crippen molar-refractivity contribution in [2.45, 2.75) is 6.61 Å². The summed E-state index contributed by atoms with van der Waals surface area (Å²) in [6.45, 7) is -0.132. The molecule has 0 unspecified atom stereocenters. The van der Waals surface area contributed by atoms with Gasteiger partial charge in [0.25, 0.3) is 0 Å². The van der Waals surface area contributed by atoms with Crippen LogP contribution < -0.4 is 0 Å². The number of aromatic carboxylic acids is 1. The lowest BCUT2D eigenvalue weighted by Gasteiger charge is -2.04. The molecule has 2 aromatic rings. The minimum absolute atomic E-state index is 0.132. The first-order valence-electron chi connectivity index (χ1n) is 5.10. The van der Waals surface area contributed by atoms with E-state index in [4.69, 9.17) is 10.2 Å². The topological polar surface area (TPSA) is 70.4 Å². The van der Waals surface area contributed by atoms with Crippen LogP contribution in [0.15, 0.2) is 42.6 Å². The van der Waals surface area contributed by atoms with Crippen molar-refractivity contribution < 1.29 is 15.0 Å². The second kappa shape index (κ2) is 4.76. The zero-order valence-corrected chi connectivity index (χ0v) is 9.00. The number of rotatable bonds is 3. The van der Waals surface area contributed by atoms with Crippen molar-refractivity contribution >= 4 is 5.97 Å². The molecule has 4 heteroatoms. The van der Waals surface area contributed by atoms with Crippen LogP contribution >= 0.6 is 0 Å². The highest BCUT2D eigenvalue weighted by atomic mass is 16.4. The van der Waals surface area contributed by atoms with Crippen LogP contribution in [0.1, 0.15) is 16.1 Å². The van der Waals surface area contributed by atoms with Crippen LogP contribution in [0, 0.1) is 0 Å². The molecule has 0 aliphatic rings. The van der Waals surface area contributed by atoms with Crippen molar-refractivity contribution in [1.29, 1.82) is 0 Å². The van der Waals surface area contributed by atoms with Crippen LogP contribution in [-0.2, 0) is 6.61 Å². The van der Waals surface area contributed by atoms with Crippen LogP contribution in [0.5, 0.6) is 0 Å². The Labute approximate surface area is 98.2 Å². The van der Waals surface area contributed by atoms with E-state index in [1.165, 1.54) is 0 Å². The summed E-state index contributed by atoms with van der Waals surface area (Å²) in [4.78, 5) is 14.8. The van der Waals surface area contributed by atoms with Crippen molar-refractivity contribution in [1.82, 2.24) is 4.98 Å². The van der Waals surface area contributed by atoms with Crippen LogP contribution in [0.3, 0.4) is 0 Å². The third-order valence-electron chi connectivity index (χ3n) is 2.42. The maximum absolute atomic E-state index is 10.9. The van der Waals surface area contributed by atoms with E-state index in [1.807, 2.05) is 6.07 Å². The summed E-state index contributed by atoms with van der Waals surface area (Å²) in [6.07, 6.45) is 1.59. The Morgan fingerprint density at radius 3 is 2.65 bits per heavy atom. The highest BCUT2D eigenvalue weighted by molar-refractivity contribution is 5.89. The zero-order chi connectivity index (χ0) is 12.3. The highest BCUT2D eigenvalue weighted by Gasteiger charge is 2.05. The Kier molecular flexibility index (Phi) is 3.16.